The second kappa shape index (κ2) is 7.44. The Hall–Kier alpha value is -1.34. The van der Waals surface area contributed by atoms with Gasteiger partial charge in [-0.3, -0.25) is 0 Å². The molecular weight excluding hydrogens is 262 g/mol. The van der Waals surface area contributed by atoms with Gasteiger partial charge in [-0.25, -0.2) is 0 Å². The molecule has 1 aromatic rings. The summed E-state index contributed by atoms with van der Waals surface area (Å²) in [6.45, 7) is 1.75. The lowest BCUT2D eigenvalue weighted by molar-refractivity contribution is 0.111. The van der Waals surface area contributed by atoms with Crippen LogP contribution in [0.1, 0.15) is 11.7 Å². The molecule has 1 aromatic carbocycles. The molecular formula is C14H21NO5. The topological polar surface area (TPSA) is 80.2 Å². The molecule has 2 rings (SSSR count). The molecule has 20 heavy (non-hydrogen) atoms. The van der Waals surface area contributed by atoms with E-state index in [-0.39, 0.29) is 12.6 Å². The predicted octanol–water partition coefficient (Wildman–Crippen LogP) is 0.0881. The van der Waals surface area contributed by atoms with E-state index in [0.29, 0.717) is 37.9 Å². The summed E-state index contributed by atoms with van der Waals surface area (Å²) in [5, 5.41) is 22.3. The highest BCUT2D eigenvalue weighted by Gasteiger charge is 2.16. The summed E-state index contributed by atoms with van der Waals surface area (Å²) in [6.07, 6.45) is -0.684. The van der Waals surface area contributed by atoms with E-state index < -0.39 is 6.10 Å². The summed E-state index contributed by atoms with van der Waals surface area (Å²) in [5.74, 6) is 1.36. The lowest BCUT2D eigenvalue weighted by Gasteiger charge is -2.21. The van der Waals surface area contributed by atoms with E-state index in [4.69, 9.17) is 19.3 Å². The van der Waals surface area contributed by atoms with Crippen LogP contribution in [0.5, 0.6) is 11.5 Å². The molecule has 0 bridgehead atoms. The van der Waals surface area contributed by atoms with Gasteiger partial charge in [0.15, 0.2) is 11.5 Å². The summed E-state index contributed by atoms with van der Waals surface area (Å²) in [6, 6.07) is 5.20. The van der Waals surface area contributed by atoms with Crippen LogP contribution in [0.25, 0.3) is 0 Å². The van der Waals surface area contributed by atoms with Crippen molar-refractivity contribution in [2.45, 2.75) is 12.1 Å². The van der Waals surface area contributed by atoms with Gasteiger partial charge < -0.3 is 29.7 Å². The third-order valence-electron chi connectivity index (χ3n) is 3.14. The number of benzene rings is 1. The first-order valence-corrected chi connectivity index (χ1v) is 6.65. The number of ether oxygens (including phenoxy) is 3. The highest BCUT2D eigenvalue weighted by Crippen LogP contribution is 2.32. The van der Waals surface area contributed by atoms with Crippen LogP contribution >= 0.6 is 0 Å². The number of aliphatic hydroxyl groups is 2. The maximum Gasteiger partial charge on any atom is 0.161 e. The molecule has 0 amide bonds. The summed E-state index contributed by atoms with van der Waals surface area (Å²) in [7, 11) is 1.57. The maximum absolute atomic E-state index is 10.2. The van der Waals surface area contributed by atoms with Crippen molar-refractivity contribution < 1.29 is 24.4 Å². The molecule has 2 atom stereocenters. The minimum atomic E-state index is -0.684. The van der Waals surface area contributed by atoms with Gasteiger partial charge in [0.05, 0.1) is 25.4 Å². The summed E-state index contributed by atoms with van der Waals surface area (Å²) in [5.41, 5.74) is 0.746. The fourth-order valence-electron chi connectivity index (χ4n) is 2.04. The SMILES string of the molecule is COCC(CO)NCC(O)c1ccc2c(c1)OCCO2. The van der Waals surface area contributed by atoms with E-state index >= 15 is 0 Å². The molecule has 0 radical (unpaired) electrons. The fourth-order valence-corrected chi connectivity index (χ4v) is 2.04. The van der Waals surface area contributed by atoms with Crippen LogP contribution in [0.15, 0.2) is 18.2 Å². The summed E-state index contributed by atoms with van der Waals surface area (Å²) >= 11 is 0. The largest absolute Gasteiger partial charge is 0.486 e. The Bertz CT molecular complexity index is 426. The van der Waals surface area contributed by atoms with E-state index in [1.807, 2.05) is 6.07 Å². The van der Waals surface area contributed by atoms with Crippen molar-refractivity contribution >= 4 is 0 Å². The van der Waals surface area contributed by atoms with Crippen molar-refractivity contribution in [3.63, 3.8) is 0 Å². The molecule has 1 heterocycles. The Balaban J connectivity index is 1.93. The van der Waals surface area contributed by atoms with E-state index in [1.165, 1.54) is 0 Å². The van der Waals surface area contributed by atoms with E-state index in [2.05, 4.69) is 5.32 Å². The Morgan fingerprint density at radius 3 is 2.75 bits per heavy atom. The van der Waals surface area contributed by atoms with Crippen LogP contribution in [0.2, 0.25) is 0 Å². The number of nitrogens with one attached hydrogen (secondary N) is 1. The Labute approximate surface area is 118 Å². The molecule has 1 aliphatic rings. The van der Waals surface area contributed by atoms with Crippen molar-refractivity contribution in [2.75, 3.05) is 40.1 Å². The van der Waals surface area contributed by atoms with Gasteiger partial charge in [-0.2, -0.15) is 0 Å². The van der Waals surface area contributed by atoms with Crippen LogP contribution < -0.4 is 14.8 Å². The molecule has 0 fully saturated rings. The van der Waals surface area contributed by atoms with Crippen molar-refractivity contribution in [1.29, 1.82) is 0 Å². The van der Waals surface area contributed by atoms with Gasteiger partial charge in [-0.15, -0.1) is 0 Å². The van der Waals surface area contributed by atoms with Gasteiger partial charge in [0.1, 0.15) is 13.2 Å². The van der Waals surface area contributed by atoms with Crippen molar-refractivity contribution in [1.82, 2.24) is 5.32 Å². The number of aliphatic hydroxyl groups excluding tert-OH is 2. The van der Waals surface area contributed by atoms with Crippen molar-refractivity contribution in [3.05, 3.63) is 23.8 Å². The van der Waals surface area contributed by atoms with Crippen molar-refractivity contribution in [3.8, 4) is 11.5 Å². The minimum Gasteiger partial charge on any atom is -0.486 e. The molecule has 0 saturated carbocycles. The zero-order valence-corrected chi connectivity index (χ0v) is 11.5. The van der Waals surface area contributed by atoms with Crippen LogP contribution in [-0.2, 0) is 4.74 Å². The predicted molar refractivity (Wildman–Crippen MR) is 73.1 cm³/mol. The van der Waals surface area contributed by atoms with E-state index in [9.17, 15) is 5.11 Å². The lowest BCUT2D eigenvalue weighted by Crippen LogP contribution is -2.38. The molecule has 1 aliphatic heterocycles. The van der Waals surface area contributed by atoms with Crippen LogP contribution in [0.3, 0.4) is 0 Å². The third-order valence-corrected chi connectivity index (χ3v) is 3.14. The number of hydrogen-bond donors (Lipinski definition) is 3. The smallest absolute Gasteiger partial charge is 0.161 e. The molecule has 0 aromatic heterocycles. The molecule has 112 valence electrons. The molecule has 6 heteroatoms. The molecule has 0 saturated heterocycles. The standard InChI is InChI=1S/C14H21NO5/c1-18-9-11(8-16)15-7-12(17)10-2-3-13-14(6-10)20-5-4-19-13/h2-3,6,11-12,15-17H,4-5,7-9H2,1H3. The first kappa shape index (κ1) is 15.1. The highest BCUT2D eigenvalue weighted by atomic mass is 16.6. The Kier molecular flexibility index (Phi) is 5.60. The van der Waals surface area contributed by atoms with Gasteiger partial charge in [0.25, 0.3) is 0 Å². The van der Waals surface area contributed by atoms with Gasteiger partial charge in [0, 0.05) is 13.7 Å². The molecule has 6 nitrogen and oxygen atoms in total. The monoisotopic (exact) mass is 283 g/mol. The summed E-state index contributed by atoms with van der Waals surface area (Å²) in [4.78, 5) is 0. The first-order valence-electron chi connectivity index (χ1n) is 6.65. The normalized spacial score (nSPS) is 16.8. The van der Waals surface area contributed by atoms with Gasteiger partial charge in [0.2, 0.25) is 0 Å². The Morgan fingerprint density at radius 1 is 1.30 bits per heavy atom. The number of fused-ring (bicyclic) bond motifs is 1. The molecule has 2 unspecified atom stereocenters. The number of rotatable bonds is 7. The Morgan fingerprint density at radius 2 is 2.05 bits per heavy atom. The van der Waals surface area contributed by atoms with E-state index in [0.717, 1.165) is 5.56 Å². The molecule has 3 N–H and O–H groups in total. The van der Waals surface area contributed by atoms with Crippen LogP contribution in [0, 0.1) is 0 Å². The van der Waals surface area contributed by atoms with Gasteiger partial charge >= 0.3 is 0 Å². The lowest BCUT2D eigenvalue weighted by atomic mass is 10.1. The third kappa shape index (κ3) is 3.83. The van der Waals surface area contributed by atoms with Crippen molar-refractivity contribution in [2.24, 2.45) is 0 Å². The summed E-state index contributed by atoms with van der Waals surface area (Å²) < 4.78 is 15.9. The molecule has 0 spiro atoms. The average Bonchev–Trinajstić information content (AvgIpc) is 2.50. The second-order valence-corrected chi connectivity index (χ2v) is 4.66. The maximum atomic E-state index is 10.2. The highest BCUT2D eigenvalue weighted by molar-refractivity contribution is 5.44. The van der Waals surface area contributed by atoms with Crippen LogP contribution in [0.4, 0.5) is 0 Å². The second-order valence-electron chi connectivity index (χ2n) is 4.66. The average molecular weight is 283 g/mol. The zero-order valence-electron chi connectivity index (χ0n) is 11.5. The van der Waals surface area contributed by atoms with Gasteiger partial charge in [-0.1, -0.05) is 6.07 Å². The zero-order chi connectivity index (χ0) is 14.4. The number of hydrogen-bond acceptors (Lipinski definition) is 6. The quantitative estimate of drug-likeness (QED) is 0.658. The fraction of sp³-hybridized carbons (Fsp3) is 0.571. The first-order chi connectivity index (χ1) is 9.74. The van der Waals surface area contributed by atoms with E-state index in [1.54, 1.807) is 19.2 Å². The minimum absolute atomic E-state index is 0.0400. The van der Waals surface area contributed by atoms with Crippen LogP contribution in [-0.4, -0.2) is 56.3 Å². The van der Waals surface area contributed by atoms with Gasteiger partial charge in [-0.05, 0) is 17.7 Å². The molecule has 0 aliphatic carbocycles. The number of methoxy groups -OCH3 is 1.